The lowest BCUT2D eigenvalue weighted by Crippen LogP contribution is -2.18. The summed E-state index contributed by atoms with van der Waals surface area (Å²) in [7, 11) is 0. The lowest BCUT2D eigenvalue weighted by atomic mass is 10.0. The van der Waals surface area contributed by atoms with E-state index in [1.165, 1.54) is 4.88 Å². The van der Waals surface area contributed by atoms with Crippen LogP contribution >= 0.6 is 22.9 Å². The highest BCUT2D eigenvalue weighted by Gasteiger charge is 2.13. The summed E-state index contributed by atoms with van der Waals surface area (Å²) in [6.07, 6.45) is 3.27. The molecular formula is C13H15ClN2OS. The van der Waals surface area contributed by atoms with E-state index in [9.17, 15) is 5.11 Å². The molecule has 0 aromatic carbocycles. The Bertz CT molecular complexity index is 534. The first-order valence-corrected chi connectivity index (χ1v) is 6.93. The van der Waals surface area contributed by atoms with Gasteiger partial charge in [-0.3, -0.25) is 0 Å². The number of aromatic nitrogens is 2. The summed E-state index contributed by atoms with van der Waals surface area (Å²) < 4.78 is 0. The van der Waals surface area contributed by atoms with E-state index in [0.717, 1.165) is 23.4 Å². The van der Waals surface area contributed by atoms with Gasteiger partial charge >= 0.3 is 0 Å². The van der Waals surface area contributed by atoms with Crippen molar-refractivity contribution in [3.63, 3.8) is 0 Å². The summed E-state index contributed by atoms with van der Waals surface area (Å²) >= 11 is 7.45. The fourth-order valence-electron chi connectivity index (χ4n) is 1.55. The van der Waals surface area contributed by atoms with Gasteiger partial charge in [0.1, 0.15) is 0 Å². The molecule has 0 bridgehead atoms. The van der Waals surface area contributed by atoms with Crippen LogP contribution in [0.15, 0.2) is 24.4 Å². The summed E-state index contributed by atoms with van der Waals surface area (Å²) in [6, 6.07) is 5.95. The van der Waals surface area contributed by atoms with Crippen molar-refractivity contribution in [2.75, 3.05) is 0 Å². The molecule has 18 heavy (non-hydrogen) atoms. The van der Waals surface area contributed by atoms with Gasteiger partial charge in [0.05, 0.1) is 16.2 Å². The highest BCUT2D eigenvalue weighted by Crippen LogP contribution is 2.28. The molecule has 3 nitrogen and oxygen atoms in total. The molecular weight excluding hydrogens is 268 g/mol. The fraction of sp³-hybridized carbons (Fsp3) is 0.385. The third-order valence-electron chi connectivity index (χ3n) is 2.52. The Morgan fingerprint density at radius 2 is 2.11 bits per heavy atom. The first kappa shape index (κ1) is 13.5. The smallest absolute Gasteiger partial charge is 0.222 e. The van der Waals surface area contributed by atoms with Gasteiger partial charge in [-0.15, -0.1) is 11.3 Å². The highest BCUT2D eigenvalue weighted by molar-refractivity contribution is 7.15. The van der Waals surface area contributed by atoms with Crippen LogP contribution in [0.5, 0.6) is 0 Å². The van der Waals surface area contributed by atoms with Crippen molar-refractivity contribution in [3.05, 3.63) is 34.6 Å². The minimum Gasteiger partial charge on any atom is -0.390 e. The molecule has 96 valence electrons. The van der Waals surface area contributed by atoms with Gasteiger partial charge in [0.2, 0.25) is 5.28 Å². The van der Waals surface area contributed by atoms with Crippen LogP contribution in [0.3, 0.4) is 0 Å². The minimum absolute atomic E-state index is 0.263. The van der Waals surface area contributed by atoms with Crippen molar-refractivity contribution in [1.29, 1.82) is 0 Å². The maximum absolute atomic E-state index is 9.71. The Labute approximate surface area is 115 Å². The largest absolute Gasteiger partial charge is 0.390 e. The second kappa shape index (κ2) is 5.34. The van der Waals surface area contributed by atoms with Gasteiger partial charge < -0.3 is 5.11 Å². The maximum Gasteiger partial charge on any atom is 0.222 e. The normalized spacial score (nSPS) is 11.8. The molecule has 2 aromatic rings. The molecule has 2 aromatic heterocycles. The summed E-state index contributed by atoms with van der Waals surface area (Å²) in [5.41, 5.74) is 0.219. The Balaban J connectivity index is 2.11. The molecule has 0 amide bonds. The highest BCUT2D eigenvalue weighted by atomic mass is 35.5. The van der Waals surface area contributed by atoms with Crippen LogP contribution in [0.25, 0.3) is 10.6 Å². The van der Waals surface area contributed by atoms with Gasteiger partial charge in [0, 0.05) is 11.1 Å². The van der Waals surface area contributed by atoms with E-state index in [2.05, 4.69) is 16.0 Å². The van der Waals surface area contributed by atoms with Crippen molar-refractivity contribution in [2.24, 2.45) is 0 Å². The molecule has 0 fully saturated rings. The van der Waals surface area contributed by atoms with Crippen molar-refractivity contribution in [2.45, 2.75) is 32.3 Å². The van der Waals surface area contributed by atoms with E-state index in [4.69, 9.17) is 11.6 Å². The van der Waals surface area contributed by atoms with E-state index in [1.54, 1.807) is 17.5 Å². The minimum atomic E-state index is -0.623. The molecule has 5 heteroatoms. The van der Waals surface area contributed by atoms with Crippen molar-refractivity contribution in [1.82, 2.24) is 9.97 Å². The van der Waals surface area contributed by atoms with Crippen LogP contribution in [0, 0.1) is 0 Å². The third-order valence-corrected chi connectivity index (χ3v) is 3.87. The lowest BCUT2D eigenvalue weighted by molar-refractivity contribution is 0.0716. The fourth-order valence-corrected chi connectivity index (χ4v) is 2.68. The number of thiophene rings is 1. The number of hydrogen-bond donors (Lipinski definition) is 1. The molecule has 0 aliphatic heterocycles. The first-order valence-electron chi connectivity index (χ1n) is 5.74. The Morgan fingerprint density at radius 1 is 1.33 bits per heavy atom. The predicted octanol–water partition coefficient (Wildman–Crippen LogP) is 3.56. The molecule has 0 radical (unpaired) electrons. The van der Waals surface area contributed by atoms with Gasteiger partial charge in [-0.25, -0.2) is 9.97 Å². The van der Waals surface area contributed by atoms with E-state index >= 15 is 0 Å². The van der Waals surface area contributed by atoms with E-state index < -0.39 is 5.60 Å². The van der Waals surface area contributed by atoms with Crippen molar-refractivity contribution in [3.8, 4) is 10.6 Å². The van der Waals surface area contributed by atoms with Gasteiger partial charge in [-0.1, -0.05) is 0 Å². The molecule has 0 unspecified atom stereocenters. The Kier molecular flexibility index (Phi) is 4.00. The Morgan fingerprint density at radius 3 is 2.78 bits per heavy atom. The Hall–Kier alpha value is -0.970. The van der Waals surface area contributed by atoms with Crippen LogP contribution in [-0.2, 0) is 6.42 Å². The van der Waals surface area contributed by atoms with Gasteiger partial charge in [0.25, 0.3) is 0 Å². The number of aryl methyl sites for hydroxylation is 1. The topological polar surface area (TPSA) is 46.0 Å². The molecule has 2 heterocycles. The van der Waals surface area contributed by atoms with Gasteiger partial charge in [-0.2, -0.15) is 0 Å². The summed E-state index contributed by atoms with van der Waals surface area (Å²) in [6.45, 7) is 3.65. The molecule has 0 spiro atoms. The van der Waals surface area contributed by atoms with Crippen LogP contribution in [0.1, 0.15) is 25.1 Å². The SMILES string of the molecule is CC(C)(O)CCc1ccc(-c2ccnc(Cl)n2)s1. The second-order valence-electron chi connectivity index (χ2n) is 4.79. The predicted molar refractivity (Wildman–Crippen MR) is 75.0 cm³/mol. The molecule has 2 rings (SSSR count). The van der Waals surface area contributed by atoms with E-state index in [1.807, 2.05) is 26.0 Å². The van der Waals surface area contributed by atoms with Crippen LogP contribution < -0.4 is 0 Å². The zero-order valence-corrected chi connectivity index (χ0v) is 11.9. The number of nitrogens with zero attached hydrogens (tertiary/aromatic N) is 2. The zero-order valence-electron chi connectivity index (χ0n) is 10.4. The van der Waals surface area contributed by atoms with Gasteiger partial charge in [0.15, 0.2) is 0 Å². The molecule has 0 saturated carbocycles. The number of rotatable bonds is 4. The van der Waals surface area contributed by atoms with E-state index in [0.29, 0.717) is 0 Å². The first-order chi connectivity index (χ1) is 8.44. The van der Waals surface area contributed by atoms with Crippen molar-refractivity contribution < 1.29 is 5.11 Å². The van der Waals surface area contributed by atoms with Crippen molar-refractivity contribution >= 4 is 22.9 Å². The van der Waals surface area contributed by atoms with Gasteiger partial charge in [-0.05, 0) is 56.5 Å². The summed E-state index contributed by atoms with van der Waals surface area (Å²) in [4.78, 5) is 10.4. The van der Waals surface area contributed by atoms with Crippen LogP contribution in [-0.4, -0.2) is 20.7 Å². The quantitative estimate of drug-likeness (QED) is 0.872. The monoisotopic (exact) mass is 282 g/mol. The molecule has 0 saturated heterocycles. The molecule has 1 N–H and O–H groups in total. The molecule has 0 aliphatic rings. The number of hydrogen-bond acceptors (Lipinski definition) is 4. The zero-order chi connectivity index (χ0) is 13.2. The molecule has 0 aliphatic carbocycles. The third kappa shape index (κ3) is 3.77. The maximum atomic E-state index is 9.71. The van der Waals surface area contributed by atoms with E-state index in [-0.39, 0.29) is 5.28 Å². The standard InChI is InChI=1S/C13H15ClN2OS/c1-13(2,17)7-5-9-3-4-11(18-9)10-6-8-15-12(14)16-10/h3-4,6,8,17H,5,7H2,1-2H3. The average molecular weight is 283 g/mol. The number of halogens is 1. The molecule has 0 atom stereocenters. The second-order valence-corrected chi connectivity index (χ2v) is 6.30. The number of aliphatic hydroxyl groups is 1. The van der Waals surface area contributed by atoms with Crippen LogP contribution in [0.4, 0.5) is 0 Å². The summed E-state index contributed by atoms with van der Waals surface area (Å²) in [5.74, 6) is 0. The average Bonchev–Trinajstić information content (AvgIpc) is 2.74. The van der Waals surface area contributed by atoms with Crippen LogP contribution in [0.2, 0.25) is 5.28 Å². The lowest BCUT2D eigenvalue weighted by Gasteiger charge is -2.15. The summed E-state index contributed by atoms with van der Waals surface area (Å²) in [5, 5.41) is 9.97.